The molecule has 2 aromatic rings. The highest BCUT2D eigenvalue weighted by atomic mass is 32.1. The fourth-order valence-electron chi connectivity index (χ4n) is 1.86. The van der Waals surface area contributed by atoms with Gasteiger partial charge in [0, 0.05) is 30.4 Å². The van der Waals surface area contributed by atoms with Gasteiger partial charge < -0.3 is 10.4 Å². The topological polar surface area (TPSA) is 49.6 Å². The van der Waals surface area contributed by atoms with Crippen molar-refractivity contribution in [3.63, 3.8) is 0 Å². The molecule has 1 fully saturated rings. The Balaban J connectivity index is 1.61. The molecule has 2 N–H and O–H groups in total. The van der Waals surface area contributed by atoms with Crippen LogP contribution in [-0.4, -0.2) is 26.6 Å². The quantitative estimate of drug-likeness (QED) is 0.816. The number of aliphatic hydroxyl groups is 1. The summed E-state index contributed by atoms with van der Waals surface area (Å²) in [4.78, 5) is 5.52. The van der Waals surface area contributed by atoms with Gasteiger partial charge in [-0.15, -0.1) is 11.3 Å². The van der Waals surface area contributed by atoms with Gasteiger partial charge in [-0.2, -0.15) is 0 Å². The van der Waals surface area contributed by atoms with Crippen molar-refractivity contribution in [1.29, 1.82) is 0 Å². The van der Waals surface area contributed by atoms with Crippen molar-refractivity contribution in [2.75, 3.05) is 0 Å². The molecule has 0 unspecified atom stereocenters. The molecule has 80 valence electrons. The first-order valence-corrected chi connectivity index (χ1v) is 6.02. The van der Waals surface area contributed by atoms with Crippen LogP contribution in [0.4, 0.5) is 0 Å². The average molecular weight is 223 g/mol. The van der Waals surface area contributed by atoms with Gasteiger partial charge in [0.1, 0.15) is 0 Å². The lowest BCUT2D eigenvalue weighted by molar-refractivity contribution is 0.0618. The number of imidazole rings is 1. The molecule has 0 atom stereocenters. The second-order valence-electron chi connectivity index (χ2n) is 4.03. The monoisotopic (exact) mass is 223 g/mol. The van der Waals surface area contributed by atoms with Crippen molar-refractivity contribution < 1.29 is 5.11 Å². The van der Waals surface area contributed by atoms with E-state index in [0.29, 0.717) is 6.04 Å². The Labute approximate surface area is 91.6 Å². The molecule has 4 nitrogen and oxygen atoms in total. The van der Waals surface area contributed by atoms with E-state index < -0.39 is 0 Å². The van der Waals surface area contributed by atoms with E-state index >= 15 is 0 Å². The van der Waals surface area contributed by atoms with E-state index in [0.717, 1.165) is 30.0 Å². The summed E-state index contributed by atoms with van der Waals surface area (Å²) in [5.74, 6) is 0. The van der Waals surface area contributed by atoms with Crippen LogP contribution < -0.4 is 5.32 Å². The maximum absolute atomic E-state index is 9.14. The van der Waals surface area contributed by atoms with Crippen molar-refractivity contribution in [3.8, 4) is 0 Å². The smallest absolute Gasteiger partial charge is 0.193 e. The number of rotatable bonds is 3. The first-order valence-electron chi connectivity index (χ1n) is 5.14. The van der Waals surface area contributed by atoms with Gasteiger partial charge in [-0.3, -0.25) is 4.40 Å². The van der Waals surface area contributed by atoms with E-state index in [1.807, 2.05) is 22.2 Å². The van der Waals surface area contributed by atoms with Crippen molar-refractivity contribution in [2.45, 2.75) is 31.5 Å². The normalized spacial score (nSPS) is 25.7. The predicted molar refractivity (Wildman–Crippen MR) is 58.9 cm³/mol. The highest BCUT2D eigenvalue weighted by Gasteiger charge is 2.26. The molecule has 2 heterocycles. The molecule has 2 aromatic heterocycles. The number of nitrogens with one attached hydrogen (secondary N) is 1. The summed E-state index contributed by atoms with van der Waals surface area (Å²) in [5, 5.41) is 14.6. The Kier molecular flexibility index (Phi) is 2.23. The molecule has 3 rings (SSSR count). The average Bonchev–Trinajstić information content (AvgIpc) is 2.69. The lowest BCUT2D eigenvalue weighted by atomic mass is 9.89. The summed E-state index contributed by atoms with van der Waals surface area (Å²) < 4.78 is 2.04. The molecular formula is C10H13N3OS. The highest BCUT2D eigenvalue weighted by molar-refractivity contribution is 7.15. The second kappa shape index (κ2) is 3.59. The lowest BCUT2D eigenvalue weighted by Gasteiger charge is -2.31. The molecule has 0 bridgehead atoms. The van der Waals surface area contributed by atoms with Crippen LogP contribution in [0, 0.1) is 0 Å². The highest BCUT2D eigenvalue weighted by Crippen LogP contribution is 2.20. The van der Waals surface area contributed by atoms with Crippen LogP contribution >= 0.6 is 11.3 Å². The lowest BCUT2D eigenvalue weighted by Crippen LogP contribution is -2.43. The van der Waals surface area contributed by atoms with Crippen molar-refractivity contribution in [2.24, 2.45) is 0 Å². The molecule has 15 heavy (non-hydrogen) atoms. The van der Waals surface area contributed by atoms with E-state index in [-0.39, 0.29) is 6.10 Å². The zero-order valence-electron chi connectivity index (χ0n) is 8.26. The van der Waals surface area contributed by atoms with Crippen LogP contribution in [0.5, 0.6) is 0 Å². The maximum atomic E-state index is 9.14. The van der Waals surface area contributed by atoms with Crippen LogP contribution in [0.1, 0.15) is 18.5 Å². The molecule has 0 aliphatic heterocycles. The minimum Gasteiger partial charge on any atom is -0.393 e. The number of hydrogen-bond acceptors (Lipinski definition) is 4. The Morgan fingerprint density at radius 1 is 1.60 bits per heavy atom. The SMILES string of the molecule is OC1CC(NCc2cn3ccsc3n2)C1. The van der Waals surface area contributed by atoms with E-state index in [1.54, 1.807) is 11.3 Å². The molecule has 0 saturated heterocycles. The molecular weight excluding hydrogens is 210 g/mol. The summed E-state index contributed by atoms with van der Waals surface area (Å²) in [6, 6.07) is 0.472. The van der Waals surface area contributed by atoms with Gasteiger partial charge in [0.05, 0.1) is 11.8 Å². The molecule has 0 aromatic carbocycles. The van der Waals surface area contributed by atoms with Crippen LogP contribution in [-0.2, 0) is 6.54 Å². The number of aliphatic hydroxyl groups excluding tert-OH is 1. The summed E-state index contributed by atoms with van der Waals surface area (Å²) >= 11 is 1.65. The summed E-state index contributed by atoms with van der Waals surface area (Å²) in [6.07, 6.45) is 5.73. The molecule has 1 aliphatic carbocycles. The van der Waals surface area contributed by atoms with E-state index in [2.05, 4.69) is 10.3 Å². The minimum absolute atomic E-state index is 0.0898. The van der Waals surface area contributed by atoms with Gasteiger partial charge in [0.15, 0.2) is 4.96 Å². The minimum atomic E-state index is -0.0898. The van der Waals surface area contributed by atoms with E-state index in [1.165, 1.54) is 0 Å². The van der Waals surface area contributed by atoms with Crippen LogP contribution in [0.15, 0.2) is 17.8 Å². The third-order valence-electron chi connectivity index (χ3n) is 2.83. The first kappa shape index (κ1) is 9.33. The van der Waals surface area contributed by atoms with Crippen molar-refractivity contribution in [3.05, 3.63) is 23.5 Å². The van der Waals surface area contributed by atoms with Crippen LogP contribution in [0.2, 0.25) is 0 Å². The van der Waals surface area contributed by atoms with E-state index in [4.69, 9.17) is 5.11 Å². The molecule has 1 saturated carbocycles. The Morgan fingerprint density at radius 2 is 2.47 bits per heavy atom. The van der Waals surface area contributed by atoms with E-state index in [9.17, 15) is 0 Å². The number of aromatic nitrogens is 2. The molecule has 0 radical (unpaired) electrons. The fourth-order valence-corrected chi connectivity index (χ4v) is 2.58. The number of hydrogen-bond donors (Lipinski definition) is 2. The molecule has 5 heteroatoms. The molecule has 0 amide bonds. The number of thiazole rings is 1. The summed E-state index contributed by atoms with van der Waals surface area (Å²) in [7, 11) is 0. The van der Waals surface area contributed by atoms with Gasteiger partial charge in [-0.05, 0) is 12.8 Å². The van der Waals surface area contributed by atoms with Gasteiger partial charge in [-0.1, -0.05) is 0 Å². The Hall–Kier alpha value is -0.910. The standard InChI is InChI=1S/C10H13N3OS/c14-9-3-7(4-9)11-5-8-6-13-1-2-15-10(13)12-8/h1-2,6-7,9,11,14H,3-5H2. The second-order valence-corrected chi connectivity index (χ2v) is 4.90. The Bertz CT molecular complexity index is 429. The summed E-state index contributed by atoms with van der Waals surface area (Å²) in [6.45, 7) is 0.797. The Morgan fingerprint density at radius 3 is 3.20 bits per heavy atom. The van der Waals surface area contributed by atoms with Crippen LogP contribution in [0.25, 0.3) is 4.96 Å². The fraction of sp³-hybridized carbons (Fsp3) is 0.500. The van der Waals surface area contributed by atoms with Gasteiger partial charge >= 0.3 is 0 Å². The number of fused-ring (bicyclic) bond motifs is 1. The van der Waals surface area contributed by atoms with Crippen LogP contribution in [0.3, 0.4) is 0 Å². The predicted octanol–water partition coefficient (Wildman–Crippen LogP) is 1.01. The third kappa shape index (κ3) is 1.78. The maximum Gasteiger partial charge on any atom is 0.193 e. The molecule has 0 spiro atoms. The molecule has 1 aliphatic rings. The zero-order chi connectivity index (χ0) is 10.3. The van der Waals surface area contributed by atoms with Crippen molar-refractivity contribution >= 4 is 16.3 Å². The first-order chi connectivity index (χ1) is 7.31. The third-order valence-corrected chi connectivity index (χ3v) is 3.60. The van der Waals surface area contributed by atoms with Crippen molar-refractivity contribution in [1.82, 2.24) is 14.7 Å². The van der Waals surface area contributed by atoms with Gasteiger partial charge in [-0.25, -0.2) is 4.98 Å². The number of nitrogens with zero attached hydrogens (tertiary/aromatic N) is 2. The largest absolute Gasteiger partial charge is 0.393 e. The van der Waals surface area contributed by atoms with Gasteiger partial charge in [0.2, 0.25) is 0 Å². The zero-order valence-corrected chi connectivity index (χ0v) is 9.07. The summed E-state index contributed by atoms with van der Waals surface area (Å²) in [5.41, 5.74) is 1.07. The van der Waals surface area contributed by atoms with Gasteiger partial charge in [0.25, 0.3) is 0 Å².